The topological polar surface area (TPSA) is 80.1 Å². The van der Waals surface area contributed by atoms with Gasteiger partial charge in [0.2, 0.25) is 11.8 Å². The van der Waals surface area contributed by atoms with Crippen molar-refractivity contribution in [2.24, 2.45) is 0 Å². The molecule has 1 aromatic heterocycles. The number of anilines is 1. The van der Waals surface area contributed by atoms with Crippen LogP contribution in [-0.2, 0) is 16.1 Å². The zero-order valence-corrected chi connectivity index (χ0v) is 12.8. The second-order valence-electron chi connectivity index (χ2n) is 5.50. The van der Waals surface area contributed by atoms with Crippen LogP contribution in [0.2, 0.25) is 0 Å². The fraction of sp³-hybridized carbons (Fsp3) is 0.375. The van der Waals surface area contributed by atoms with Crippen LogP contribution in [0, 0.1) is 0 Å². The van der Waals surface area contributed by atoms with Crippen molar-refractivity contribution in [3.63, 3.8) is 0 Å². The molecular weight excluding hydrogens is 294 g/mol. The molecule has 0 aliphatic carbocycles. The minimum atomic E-state index is -0.452. The highest BCUT2D eigenvalue weighted by molar-refractivity contribution is 5.99. The van der Waals surface area contributed by atoms with Gasteiger partial charge in [0.05, 0.1) is 6.54 Å². The van der Waals surface area contributed by atoms with Gasteiger partial charge in [0.25, 0.3) is 0 Å². The Hall–Kier alpha value is -2.70. The van der Waals surface area contributed by atoms with Gasteiger partial charge < -0.3 is 10.2 Å². The Balaban J connectivity index is 1.57. The molecule has 23 heavy (non-hydrogen) atoms. The Morgan fingerprint density at radius 3 is 2.87 bits per heavy atom. The fourth-order valence-corrected chi connectivity index (χ4v) is 2.70. The summed E-state index contributed by atoms with van der Waals surface area (Å²) in [4.78, 5) is 30.2. The molecule has 2 aromatic rings. The summed E-state index contributed by atoms with van der Waals surface area (Å²) in [5.41, 5.74) is 0.874. The van der Waals surface area contributed by atoms with Crippen molar-refractivity contribution in [3.05, 3.63) is 43.0 Å². The monoisotopic (exact) mass is 313 g/mol. The van der Waals surface area contributed by atoms with Crippen molar-refractivity contribution in [3.8, 4) is 0 Å². The maximum absolute atomic E-state index is 12.6. The van der Waals surface area contributed by atoms with Crippen LogP contribution < -0.4 is 10.2 Å². The summed E-state index contributed by atoms with van der Waals surface area (Å²) < 4.78 is 1.60. The van der Waals surface area contributed by atoms with E-state index in [0.29, 0.717) is 19.5 Å². The zero-order valence-electron chi connectivity index (χ0n) is 12.8. The molecular formula is C16H19N5O2. The van der Waals surface area contributed by atoms with Crippen LogP contribution in [0.15, 0.2) is 43.0 Å². The van der Waals surface area contributed by atoms with Gasteiger partial charge in [-0.05, 0) is 25.0 Å². The SMILES string of the molecule is O=C(CCn1cncn1)NC1CCCN(c2ccccc2)C1=O. The molecule has 7 nitrogen and oxygen atoms in total. The average Bonchev–Trinajstić information content (AvgIpc) is 3.09. The molecule has 2 heterocycles. The molecule has 0 bridgehead atoms. The summed E-state index contributed by atoms with van der Waals surface area (Å²) in [6.07, 6.45) is 4.82. The molecule has 3 rings (SSSR count). The summed E-state index contributed by atoms with van der Waals surface area (Å²) >= 11 is 0. The molecule has 1 saturated heterocycles. The Morgan fingerprint density at radius 1 is 1.30 bits per heavy atom. The van der Waals surface area contributed by atoms with Crippen molar-refractivity contribution >= 4 is 17.5 Å². The van der Waals surface area contributed by atoms with Gasteiger partial charge in [0.1, 0.15) is 18.7 Å². The fourth-order valence-electron chi connectivity index (χ4n) is 2.70. The number of nitrogens with zero attached hydrogens (tertiary/aromatic N) is 4. The van der Waals surface area contributed by atoms with Gasteiger partial charge in [0, 0.05) is 18.7 Å². The largest absolute Gasteiger partial charge is 0.344 e. The van der Waals surface area contributed by atoms with Crippen LogP contribution in [0.1, 0.15) is 19.3 Å². The first-order chi connectivity index (χ1) is 11.2. The average molecular weight is 313 g/mol. The lowest BCUT2D eigenvalue weighted by atomic mass is 10.0. The molecule has 1 aliphatic heterocycles. The van der Waals surface area contributed by atoms with Crippen molar-refractivity contribution < 1.29 is 9.59 Å². The second-order valence-corrected chi connectivity index (χ2v) is 5.50. The van der Waals surface area contributed by atoms with E-state index in [2.05, 4.69) is 15.4 Å². The number of benzene rings is 1. The van der Waals surface area contributed by atoms with E-state index in [9.17, 15) is 9.59 Å². The number of carbonyl (C=O) groups excluding carboxylic acids is 2. The number of piperidine rings is 1. The molecule has 7 heteroatoms. The van der Waals surface area contributed by atoms with E-state index in [1.807, 2.05) is 30.3 Å². The molecule has 1 fully saturated rings. The zero-order chi connectivity index (χ0) is 16.1. The van der Waals surface area contributed by atoms with Gasteiger partial charge in [-0.1, -0.05) is 18.2 Å². The molecule has 1 atom stereocenters. The standard InChI is InChI=1S/C16H19N5O2/c22-15(8-10-20-12-17-11-18-20)19-14-7-4-9-21(16(14)23)13-5-2-1-3-6-13/h1-3,5-6,11-12,14H,4,7-10H2,(H,19,22). The Labute approximate surface area is 134 Å². The molecule has 120 valence electrons. The third-order valence-corrected chi connectivity index (χ3v) is 3.88. The van der Waals surface area contributed by atoms with E-state index < -0.39 is 6.04 Å². The smallest absolute Gasteiger partial charge is 0.249 e. The quantitative estimate of drug-likeness (QED) is 0.892. The minimum Gasteiger partial charge on any atom is -0.344 e. The number of para-hydroxylation sites is 1. The number of carbonyl (C=O) groups is 2. The van der Waals surface area contributed by atoms with E-state index in [-0.39, 0.29) is 18.2 Å². The molecule has 1 aliphatic rings. The van der Waals surface area contributed by atoms with Crippen LogP contribution in [0.4, 0.5) is 5.69 Å². The first-order valence-corrected chi connectivity index (χ1v) is 7.72. The summed E-state index contributed by atoms with van der Waals surface area (Å²) in [5, 5.41) is 6.79. The van der Waals surface area contributed by atoms with Gasteiger partial charge in [-0.3, -0.25) is 14.3 Å². The highest BCUT2D eigenvalue weighted by Gasteiger charge is 2.30. The number of rotatable bonds is 5. The first kappa shape index (κ1) is 15.2. The highest BCUT2D eigenvalue weighted by Crippen LogP contribution is 2.20. The van der Waals surface area contributed by atoms with Gasteiger partial charge in [-0.25, -0.2) is 4.98 Å². The number of nitrogens with one attached hydrogen (secondary N) is 1. The first-order valence-electron chi connectivity index (χ1n) is 7.72. The predicted octanol–water partition coefficient (Wildman–Crippen LogP) is 0.980. The van der Waals surface area contributed by atoms with Gasteiger partial charge in [-0.15, -0.1) is 0 Å². The maximum Gasteiger partial charge on any atom is 0.249 e. The summed E-state index contributed by atoms with van der Waals surface area (Å²) in [7, 11) is 0. The van der Waals surface area contributed by atoms with E-state index in [1.54, 1.807) is 15.9 Å². The predicted molar refractivity (Wildman–Crippen MR) is 84.6 cm³/mol. The van der Waals surface area contributed by atoms with Crippen molar-refractivity contribution in [1.29, 1.82) is 0 Å². The number of hydrogen-bond donors (Lipinski definition) is 1. The van der Waals surface area contributed by atoms with Crippen molar-refractivity contribution in [1.82, 2.24) is 20.1 Å². The van der Waals surface area contributed by atoms with Crippen LogP contribution in [0.3, 0.4) is 0 Å². The van der Waals surface area contributed by atoms with Crippen LogP contribution in [0.25, 0.3) is 0 Å². The second kappa shape index (κ2) is 7.04. The van der Waals surface area contributed by atoms with Crippen molar-refractivity contribution in [2.75, 3.05) is 11.4 Å². The normalized spacial score (nSPS) is 18.0. The Kier molecular flexibility index (Phi) is 4.65. The van der Waals surface area contributed by atoms with E-state index in [0.717, 1.165) is 12.1 Å². The van der Waals surface area contributed by atoms with E-state index in [1.165, 1.54) is 6.33 Å². The van der Waals surface area contributed by atoms with Crippen LogP contribution in [-0.4, -0.2) is 39.2 Å². The van der Waals surface area contributed by atoms with Gasteiger partial charge in [0.15, 0.2) is 0 Å². The number of aromatic nitrogens is 3. The lowest BCUT2D eigenvalue weighted by molar-refractivity contribution is -0.128. The summed E-state index contributed by atoms with van der Waals surface area (Å²) in [6.45, 7) is 1.14. The summed E-state index contributed by atoms with van der Waals surface area (Å²) in [6, 6.07) is 9.10. The van der Waals surface area contributed by atoms with Crippen molar-refractivity contribution in [2.45, 2.75) is 31.8 Å². The van der Waals surface area contributed by atoms with E-state index in [4.69, 9.17) is 0 Å². The lowest BCUT2D eigenvalue weighted by Gasteiger charge is -2.32. The van der Waals surface area contributed by atoms with Crippen LogP contribution in [0.5, 0.6) is 0 Å². The molecule has 1 unspecified atom stereocenters. The number of aryl methyl sites for hydroxylation is 1. The molecule has 2 amide bonds. The molecule has 1 N–H and O–H groups in total. The van der Waals surface area contributed by atoms with Gasteiger partial charge in [-0.2, -0.15) is 5.10 Å². The van der Waals surface area contributed by atoms with Crippen LogP contribution >= 0.6 is 0 Å². The Bertz CT molecular complexity index is 656. The lowest BCUT2D eigenvalue weighted by Crippen LogP contribution is -2.52. The maximum atomic E-state index is 12.6. The van der Waals surface area contributed by atoms with Gasteiger partial charge >= 0.3 is 0 Å². The molecule has 0 saturated carbocycles. The third kappa shape index (κ3) is 3.74. The molecule has 1 aromatic carbocycles. The molecule has 0 spiro atoms. The molecule has 0 radical (unpaired) electrons. The Morgan fingerprint density at radius 2 is 2.13 bits per heavy atom. The summed E-state index contributed by atoms with van der Waals surface area (Å²) in [5.74, 6) is -0.190. The third-order valence-electron chi connectivity index (χ3n) is 3.88. The minimum absolute atomic E-state index is 0.0449. The number of amides is 2. The highest BCUT2D eigenvalue weighted by atomic mass is 16.2. The van der Waals surface area contributed by atoms with E-state index >= 15 is 0 Å². The number of hydrogen-bond acceptors (Lipinski definition) is 4.